The van der Waals surface area contributed by atoms with Gasteiger partial charge in [0.25, 0.3) is 11.8 Å². The maximum absolute atomic E-state index is 12.8. The summed E-state index contributed by atoms with van der Waals surface area (Å²) < 4.78 is 0. The number of rotatable bonds is 8. The number of hydrogen-bond donors (Lipinski definition) is 4. The van der Waals surface area contributed by atoms with E-state index in [-0.39, 0.29) is 35.1 Å². The van der Waals surface area contributed by atoms with Gasteiger partial charge in [0.1, 0.15) is 12.1 Å². The summed E-state index contributed by atoms with van der Waals surface area (Å²) in [5.41, 5.74) is -0.211. The maximum atomic E-state index is 12.8. The van der Waals surface area contributed by atoms with Crippen molar-refractivity contribution in [3.8, 4) is 0 Å². The summed E-state index contributed by atoms with van der Waals surface area (Å²) in [6, 6.07) is 0.537. The van der Waals surface area contributed by atoms with Gasteiger partial charge in [-0.3, -0.25) is 9.59 Å². The van der Waals surface area contributed by atoms with E-state index in [1.165, 1.54) is 12.1 Å². The van der Waals surface area contributed by atoms with E-state index in [0.29, 0.717) is 13.1 Å². The Morgan fingerprint density at radius 1 is 0.722 bits per heavy atom. The Kier molecular flexibility index (Phi) is 6.89. The lowest BCUT2D eigenvalue weighted by Gasteiger charge is -2.46. The Morgan fingerprint density at radius 3 is 1.33 bits per heavy atom. The topological polar surface area (TPSA) is 165 Å². The molecule has 194 valence electrons. The second-order valence-corrected chi connectivity index (χ2v) is 10.5. The third kappa shape index (κ3) is 4.92. The number of carboxylic acid groups (broad SMARTS) is 2. The molecule has 6 fully saturated rings. The van der Waals surface area contributed by atoms with Crippen LogP contribution in [-0.4, -0.2) is 105 Å². The van der Waals surface area contributed by atoms with Crippen LogP contribution in [-0.2, 0) is 9.59 Å². The summed E-state index contributed by atoms with van der Waals surface area (Å²) in [6.45, 7) is 5.10. The zero-order valence-electron chi connectivity index (χ0n) is 20.0. The number of fused-ring (bicyclic) bond motifs is 6. The van der Waals surface area contributed by atoms with Crippen molar-refractivity contribution in [1.82, 2.24) is 30.6 Å². The highest BCUT2D eigenvalue weighted by molar-refractivity contribution is 5.97. The number of carboxylic acids is 2. The molecule has 1 aromatic heterocycles. The second kappa shape index (κ2) is 10.1. The average molecular weight is 501 g/mol. The first-order valence-corrected chi connectivity index (χ1v) is 12.7. The molecule has 2 unspecified atom stereocenters. The first-order valence-electron chi connectivity index (χ1n) is 12.7. The summed E-state index contributed by atoms with van der Waals surface area (Å²) >= 11 is 0. The number of hydrogen-bond acceptors (Lipinski definition) is 8. The Hall–Kier alpha value is -3.12. The van der Waals surface area contributed by atoms with Crippen molar-refractivity contribution in [3.05, 3.63) is 23.5 Å². The Morgan fingerprint density at radius 2 is 1.08 bits per heavy atom. The molecule has 6 aliphatic heterocycles. The summed E-state index contributed by atoms with van der Waals surface area (Å²) in [6.07, 6.45) is 3.69. The van der Waals surface area contributed by atoms with Gasteiger partial charge in [0.15, 0.2) is 11.4 Å². The molecular weight excluding hydrogens is 468 g/mol. The Labute approximate surface area is 208 Å². The fourth-order valence-corrected chi connectivity index (χ4v) is 6.49. The van der Waals surface area contributed by atoms with E-state index < -0.39 is 35.8 Å². The van der Waals surface area contributed by atoms with Crippen LogP contribution < -0.4 is 10.6 Å². The summed E-state index contributed by atoms with van der Waals surface area (Å²) in [4.78, 5) is 53.9. The van der Waals surface area contributed by atoms with Gasteiger partial charge in [0, 0.05) is 24.9 Å². The number of aromatic nitrogens is 2. The highest BCUT2D eigenvalue weighted by Gasteiger charge is 2.43. The molecule has 12 heteroatoms. The van der Waals surface area contributed by atoms with Crippen molar-refractivity contribution in [2.45, 2.75) is 37.8 Å². The number of aliphatic carboxylic acids is 2. The molecule has 12 nitrogen and oxygen atoms in total. The lowest BCUT2D eigenvalue weighted by molar-refractivity contribution is -0.143. The van der Waals surface area contributed by atoms with Crippen molar-refractivity contribution in [1.29, 1.82) is 0 Å². The molecule has 36 heavy (non-hydrogen) atoms. The number of carbonyl (C=O) groups excluding carboxylic acids is 2. The zero-order chi connectivity index (χ0) is 25.4. The quantitative estimate of drug-likeness (QED) is 0.366. The highest BCUT2D eigenvalue weighted by atomic mass is 16.4. The minimum absolute atomic E-state index is 0.105. The van der Waals surface area contributed by atoms with Crippen molar-refractivity contribution in [2.75, 3.05) is 39.3 Å². The summed E-state index contributed by atoms with van der Waals surface area (Å²) in [5, 5.41) is 32.4. The van der Waals surface area contributed by atoms with Crippen LogP contribution in [0, 0.1) is 23.7 Å². The average Bonchev–Trinajstić information content (AvgIpc) is 2.91. The van der Waals surface area contributed by atoms with Gasteiger partial charge in [-0.15, -0.1) is 10.2 Å². The molecule has 0 spiro atoms. The standard InChI is InChI=1S/C24H32N6O6/c31-21(25-19(23(33)34)15-11-29-7-3-13(15)4-8-29)17-1-2-18(28-27-17)22(32)26-20(24(35)36)16-12-30-9-5-14(16)6-10-30/h1-2,13-16,19-20H,3-12H2,(H,25,31)(H,26,32)(H,33,34)(H,35,36)/t15-,16-,19?,20?/m0/s1. The monoisotopic (exact) mass is 500 g/mol. The maximum Gasteiger partial charge on any atom is 0.326 e. The van der Waals surface area contributed by atoms with Crippen LogP contribution in [0.3, 0.4) is 0 Å². The van der Waals surface area contributed by atoms with E-state index in [1.807, 2.05) is 0 Å². The molecule has 0 saturated carbocycles. The van der Waals surface area contributed by atoms with Crippen LogP contribution in [0.4, 0.5) is 0 Å². The molecule has 2 amide bonds. The molecule has 4 bridgehead atoms. The lowest BCUT2D eigenvalue weighted by atomic mass is 9.75. The normalized spacial score (nSPS) is 32.3. The van der Waals surface area contributed by atoms with Gasteiger partial charge < -0.3 is 30.6 Å². The largest absolute Gasteiger partial charge is 0.480 e. The van der Waals surface area contributed by atoms with Gasteiger partial charge in [-0.2, -0.15) is 0 Å². The molecule has 6 saturated heterocycles. The molecule has 6 aliphatic rings. The first kappa shape index (κ1) is 24.6. The fraction of sp³-hybridized carbons (Fsp3) is 0.667. The second-order valence-electron chi connectivity index (χ2n) is 10.5. The van der Waals surface area contributed by atoms with E-state index in [1.54, 1.807) is 0 Å². The lowest BCUT2D eigenvalue weighted by Crippen LogP contribution is -2.58. The van der Waals surface area contributed by atoms with Crippen molar-refractivity contribution in [3.63, 3.8) is 0 Å². The van der Waals surface area contributed by atoms with Crippen molar-refractivity contribution in [2.24, 2.45) is 23.7 Å². The van der Waals surface area contributed by atoms with Crippen LogP contribution in [0.15, 0.2) is 12.1 Å². The number of nitrogens with zero attached hydrogens (tertiary/aromatic N) is 4. The number of nitrogens with one attached hydrogen (secondary N) is 2. The van der Waals surface area contributed by atoms with E-state index in [4.69, 9.17) is 0 Å². The molecule has 1 aromatic rings. The molecule has 7 rings (SSSR count). The fourth-order valence-electron chi connectivity index (χ4n) is 6.49. The molecular formula is C24H32N6O6. The Bertz CT molecular complexity index is 937. The van der Waals surface area contributed by atoms with Gasteiger partial charge >= 0.3 is 11.9 Å². The first-order chi connectivity index (χ1) is 17.3. The minimum Gasteiger partial charge on any atom is -0.480 e. The van der Waals surface area contributed by atoms with E-state index in [2.05, 4.69) is 30.6 Å². The van der Waals surface area contributed by atoms with Gasteiger partial charge in [-0.05, 0) is 75.8 Å². The third-order valence-corrected chi connectivity index (χ3v) is 8.50. The van der Waals surface area contributed by atoms with E-state index in [0.717, 1.165) is 51.9 Å². The highest BCUT2D eigenvalue weighted by Crippen LogP contribution is 2.35. The molecule has 4 atom stereocenters. The number of amides is 2. The third-order valence-electron chi connectivity index (χ3n) is 8.50. The summed E-state index contributed by atoms with van der Waals surface area (Å²) in [5.74, 6) is -3.35. The van der Waals surface area contributed by atoms with E-state index >= 15 is 0 Å². The molecule has 0 aliphatic carbocycles. The van der Waals surface area contributed by atoms with Gasteiger partial charge in [-0.25, -0.2) is 9.59 Å². The number of piperidine rings is 6. The minimum atomic E-state index is -1.08. The van der Waals surface area contributed by atoms with Gasteiger partial charge in [0.2, 0.25) is 0 Å². The SMILES string of the molecule is O=C(NC(C(=O)O)[C@H]1CN2CCC1CC2)c1ccc(C(=O)NC(C(=O)O)[C@H]2CN3CCC2CC3)nn1. The smallest absolute Gasteiger partial charge is 0.326 e. The predicted molar refractivity (Wildman–Crippen MR) is 125 cm³/mol. The molecule has 4 N–H and O–H groups in total. The zero-order valence-corrected chi connectivity index (χ0v) is 20.0. The van der Waals surface area contributed by atoms with Crippen LogP contribution in [0.2, 0.25) is 0 Å². The van der Waals surface area contributed by atoms with Crippen molar-refractivity contribution >= 4 is 23.8 Å². The van der Waals surface area contributed by atoms with Gasteiger partial charge in [0.05, 0.1) is 0 Å². The van der Waals surface area contributed by atoms with Crippen LogP contribution in [0.1, 0.15) is 46.7 Å². The predicted octanol–water partition coefficient (Wildman–Crippen LogP) is -0.474. The molecule has 7 heterocycles. The van der Waals surface area contributed by atoms with Crippen LogP contribution >= 0.6 is 0 Å². The Balaban J connectivity index is 1.22. The molecule has 0 radical (unpaired) electrons. The summed E-state index contributed by atoms with van der Waals surface area (Å²) in [7, 11) is 0. The van der Waals surface area contributed by atoms with Crippen LogP contribution in [0.5, 0.6) is 0 Å². The van der Waals surface area contributed by atoms with Gasteiger partial charge in [-0.1, -0.05) is 0 Å². The molecule has 0 aromatic carbocycles. The van der Waals surface area contributed by atoms with E-state index in [9.17, 15) is 29.4 Å². The van der Waals surface area contributed by atoms with Crippen molar-refractivity contribution < 1.29 is 29.4 Å². The number of carbonyl (C=O) groups is 4. The van der Waals surface area contributed by atoms with Crippen LogP contribution in [0.25, 0.3) is 0 Å².